The molecule has 0 aromatic carbocycles. The van der Waals surface area contributed by atoms with Crippen molar-refractivity contribution in [3.05, 3.63) is 27.8 Å². The van der Waals surface area contributed by atoms with Gasteiger partial charge >= 0.3 is 0 Å². The first-order valence-corrected chi connectivity index (χ1v) is 7.42. The van der Waals surface area contributed by atoms with Gasteiger partial charge in [-0.3, -0.25) is 0 Å². The van der Waals surface area contributed by atoms with E-state index in [0.717, 1.165) is 17.1 Å². The van der Waals surface area contributed by atoms with Gasteiger partial charge in [0.25, 0.3) is 0 Å². The Morgan fingerprint density at radius 3 is 2.79 bits per heavy atom. The minimum Gasteiger partial charge on any atom is -0.339 e. The molecule has 2 unspecified atom stereocenters. The van der Waals surface area contributed by atoms with Crippen LogP contribution >= 0.6 is 11.3 Å². The summed E-state index contributed by atoms with van der Waals surface area (Å²) < 4.78 is 5.39. The Balaban J connectivity index is 2.09. The Kier molecular flexibility index (Phi) is 4.66. The molecule has 2 rings (SSSR count). The van der Waals surface area contributed by atoms with E-state index in [1.54, 1.807) is 11.3 Å². The zero-order valence-electron chi connectivity index (χ0n) is 11.8. The molecule has 6 heteroatoms. The normalized spacial score (nSPS) is 14.5. The molecule has 0 aliphatic rings. The third-order valence-corrected chi connectivity index (χ3v) is 4.13. The van der Waals surface area contributed by atoms with Crippen molar-refractivity contribution >= 4 is 11.3 Å². The molecule has 2 heterocycles. The van der Waals surface area contributed by atoms with Crippen LogP contribution in [0.2, 0.25) is 0 Å². The standard InChI is InChI=1S/C13H20N4OS/c1-5-11(8(2)14-4)13-16-12(17-18-13)6-10-7-19-9(3)15-10/h7-8,11,14H,5-6H2,1-4H3. The van der Waals surface area contributed by atoms with Crippen LogP contribution in [-0.2, 0) is 6.42 Å². The highest BCUT2D eigenvalue weighted by molar-refractivity contribution is 7.09. The van der Waals surface area contributed by atoms with E-state index in [-0.39, 0.29) is 5.92 Å². The van der Waals surface area contributed by atoms with Gasteiger partial charge in [0, 0.05) is 11.4 Å². The zero-order valence-corrected chi connectivity index (χ0v) is 12.6. The number of aryl methyl sites for hydroxylation is 1. The summed E-state index contributed by atoms with van der Waals surface area (Å²) in [5.74, 6) is 1.68. The molecule has 2 atom stereocenters. The molecule has 0 bridgehead atoms. The summed E-state index contributed by atoms with van der Waals surface area (Å²) in [5.41, 5.74) is 1.00. The second kappa shape index (κ2) is 6.25. The summed E-state index contributed by atoms with van der Waals surface area (Å²) >= 11 is 1.64. The van der Waals surface area contributed by atoms with Gasteiger partial charge in [-0.05, 0) is 27.3 Å². The third-order valence-electron chi connectivity index (χ3n) is 3.31. The number of rotatable bonds is 6. The van der Waals surface area contributed by atoms with Crippen molar-refractivity contribution in [2.75, 3.05) is 7.05 Å². The van der Waals surface area contributed by atoms with E-state index in [0.29, 0.717) is 24.2 Å². The average Bonchev–Trinajstić information content (AvgIpc) is 3.00. The molecule has 0 spiro atoms. The van der Waals surface area contributed by atoms with E-state index in [1.807, 2.05) is 19.4 Å². The summed E-state index contributed by atoms with van der Waals surface area (Å²) in [5, 5.41) is 10.4. The van der Waals surface area contributed by atoms with Crippen LogP contribution in [0, 0.1) is 6.92 Å². The highest BCUT2D eigenvalue weighted by Gasteiger charge is 2.22. The summed E-state index contributed by atoms with van der Waals surface area (Å²) in [7, 11) is 1.95. The van der Waals surface area contributed by atoms with Gasteiger partial charge in [0.05, 0.1) is 23.0 Å². The van der Waals surface area contributed by atoms with Crippen LogP contribution in [0.5, 0.6) is 0 Å². The van der Waals surface area contributed by atoms with E-state index in [4.69, 9.17) is 4.52 Å². The van der Waals surface area contributed by atoms with Gasteiger partial charge in [0.1, 0.15) is 0 Å². The number of nitrogens with one attached hydrogen (secondary N) is 1. The lowest BCUT2D eigenvalue weighted by atomic mass is 9.98. The Morgan fingerprint density at radius 2 is 2.21 bits per heavy atom. The fraction of sp³-hybridized carbons (Fsp3) is 0.615. The minimum atomic E-state index is 0.253. The van der Waals surface area contributed by atoms with Crippen molar-refractivity contribution in [2.45, 2.75) is 45.6 Å². The highest BCUT2D eigenvalue weighted by Crippen LogP contribution is 2.22. The SMILES string of the molecule is CCC(c1nc(Cc2csc(C)n2)no1)C(C)NC. The van der Waals surface area contributed by atoms with E-state index in [1.165, 1.54) is 0 Å². The molecule has 0 radical (unpaired) electrons. The molecule has 0 saturated heterocycles. The van der Waals surface area contributed by atoms with Crippen LogP contribution in [0.1, 0.15) is 48.6 Å². The van der Waals surface area contributed by atoms with Crippen LogP contribution in [-0.4, -0.2) is 28.2 Å². The van der Waals surface area contributed by atoms with E-state index < -0.39 is 0 Å². The number of likely N-dealkylation sites (N-methyl/N-ethyl adjacent to an activating group) is 1. The molecule has 104 valence electrons. The summed E-state index contributed by atoms with van der Waals surface area (Å²) in [6.45, 7) is 6.26. The average molecular weight is 280 g/mol. The maximum atomic E-state index is 5.39. The molecule has 2 aromatic heterocycles. The van der Waals surface area contributed by atoms with E-state index in [2.05, 4.69) is 34.3 Å². The predicted octanol–water partition coefficient (Wildman–Crippen LogP) is 2.53. The Labute approximate surface area is 117 Å². The molecule has 0 fully saturated rings. The van der Waals surface area contributed by atoms with Gasteiger partial charge in [0.15, 0.2) is 5.82 Å². The van der Waals surface area contributed by atoms with Gasteiger partial charge < -0.3 is 9.84 Å². The van der Waals surface area contributed by atoms with Crippen molar-refractivity contribution in [3.8, 4) is 0 Å². The number of thiazole rings is 1. The van der Waals surface area contributed by atoms with Crippen LogP contribution < -0.4 is 5.32 Å². The molecule has 0 saturated carbocycles. The Morgan fingerprint density at radius 1 is 1.42 bits per heavy atom. The first-order valence-electron chi connectivity index (χ1n) is 6.54. The van der Waals surface area contributed by atoms with Gasteiger partial charge in [-0.2, -0.15) is 4.98 Å². The van der Waals surface area contributed by atoms with E-state index >= 15 is 0 Å². The Bertz CT molecular complexity index is 522. The topological polar surface area (TPSA) is 63.8 Å². The van der Waals surface area contributed by atoms with Crippen LogP contribution in [0.15, 0.2) is 9.90 Å². The molecule has 0 aliphatic heterocycles. The fourth-order valence-electron chi connectivity index (χ4n) is 2.08. The smallest absolute Gasteiger partial charge is 0.231 e. The second-order valence-electron chi connectivity index (χ2n) is 4.68. The molecule has 5 nitrogen and oxygen atoms in total. The fourth-order valence-corrected chi connectivity index (χ4v) is 2.70. The van der Waals surface area contributed by atoms with E-state index in [9.17, 15) is 0 Å². The van der Waals surface area contributed by atoms with Crippen LogP contribution in [0.25, 0.3) is 0 Å². The second-order valence-corrected chi connectivity index (χ2v) is 5.74. The minimum absolute atomic E-state index is 0.253. The number of hydrogen-bond acceptors (Lipinski definition) is 6. The maximum Gasteiger partial charge on any atom is 0.231 e. The molecular weight excluding hydrogens is 260 g/mol. The van der Waals surface area contributed by atoms with Crippen molar-refractivity contribution in [3.63, 3.8) is 0 Å². The van der Waals surface area contributed by atoms with Gasteiger partial charge in [0.2, 0.25) is 5.89 Å². The van der Waals surface area contributed by atoms with Gasteiger partial charge in [-0.15, -0.1) is 11.3 Å². The monoisotopic (exact) mass is 280 g/mol. The summed E-state index contributed by atoms with van der Waals surface area (Å²) in [6, 6.07) is 0.319. The zero-order chi connectivity index (χ0) is 13.8. The third kappa shape index (κ3) is 3.39. The lowest BCUT2D eigenvalue weighted by Crippen LogP contribution is -2.28. The van der Waals surface area contributed by atoms with Gasteiger partial charge in [-0.1, -0.05) is 12.1 Å². The number of aromatic nitrogens is 3. The predicted molar refractivity (Wildman–Crippen MR) is 75.5 cm³/mol. The molecule has 0 aliphatic carbocycles. The maximum absolute atomic E-state index is 5.39. The quantitative estimate of drug-likeness (QED) is 0.881. The van der Waals surface area contributed by atoms with Crippen LogP contribution in [0.3, 0.4) is 0 Å². The first-order chi connectivity index (χ1) is 9.13. The molecular formula is C13H20N4OS. The Hall–Kier alpha value is -1.27. The lowest BCUT2D eigenvalue weighted by Gasteiger charge is -2.17. The van der Waals surface area contributed by atoms with Crippen LogP contribution in [0.4, 0.5) is 0 Å². The van der Waals surface area contributed by atoms with Crippen molar-refractivity contribution in [1.29, 1.82) is 0 Å². The molecule has 19 heavy (non-hydrogen) atoms. The largest absolute Gasteiger partial charge is 0.339 e. The summed E-state index contributed by atoms with van der Waals surface area (Å²) in [6.07, 6.45) is 1.61. The van der Waals surface area contributed by atoms with Gasteiger partial charge in [-0.25, -0.2) is 4.98 Å². The summed E-state index contributed by atoms with van der Waals surface area (Å²) in [4.78, 5) is 8.92. The van der Waals surface area contributed by atoms with Crippen molar-refractivity contribution < 1.29 is 4.52 Å². The molecule has 2 aromatic rings. The molecule has 0 amide bonds. The van der Waals surface area contributed by atoms with Crippen molar-refractivity contribution in [2.24, 2.45) is 0 Å². The first kappa shape index (κ1) is 14.1. The van der Waals surface area contributed by atoms with Crippen molar-refractivity contribution in [1.82, 2.24) is 20.4 Å². The lowest BCUT2D eigenvalue weighted by molar-refractivity contribution is 0.320. The highest BCUT2D eigenvalue weighted by atomic mass is 32.1. The number of nitrogens with zero attached hydrogens (tertiary/aromatic N) is 3. The molecule has 1 N–H and O–H groups in total. The number of hydrogen-bond donors (Lipinski definition) is 1.